The second kappa shape index (κ2) is 9.77. The van der Waals surface area contributed by atoms with Gasteiger partial charge in [-0.25, -0.2) is 9.78 Å². The number of ether oxygens (including phenoxy) is 1. The van der Waals surface area contributed by atoms with Crippen LogP contribution < -0.4 is 20.9 Å². The SMILES string of the molecule is O=C(NCc1cccnc1N1CCOCC1)Nc1cccc(NC(=O)c2ccco2)c1. The first-order valence-electron chi connectivity index (χ1n) is 9.95. The number of furan rings is 1. The molecule has 3 heterocycles. The molecule has 1 aromatic carbocycles. The van der Waals surface area contributed by atoms with Crippen molar-refractivity contribution in [1.29, 1.82) is 0 Å². The number of amides is 3. The molecule has 9 nitrogen and oxygen atoms in total. The van der Waals surface area contributed by atoms with Crippen molar-refractivity contribution in [2.75, 3.05) is 41.8 Å². The molecule has 160 valence electrons. The number of hydrogen-bond donors (Lipinski definition) is 3. The molecule has 0 saturated carbocycles. The monoisotopic (exact) mass is 421 g/mol. The Morgan fingerprint density at radius 3 is 2.58 bits per heavy atom. The number of carbonyl (C=O) groups excluding carboxylic acids is 2. The van der Waals surface area contributed by atoms with E-state index >= 15 is 0 Å². The number of pyridine rings is 1. The van der Waals surface area contributed by atoms with E-state index in [-0.39, 0.29) is 17.7 Å². The van der Waals surface area contributed by atoms with Crippen LogP contribution in [-0.2, 0) is 11.3 Å². The fourth-order valence-corrected chi connectivity index (χ4v) is 3.25. The minimum atomic E-state index is -0.362. The van der Waals surface area contributed by atoms with Crippen LogP contribution >= 0.6 is 0 Å². The number of nitrogens with one attached hydrogen (secondary N) is 3. The molecule has 0 unspecified atom stereocenters. The van der Waals surface area contributed by atoms with Crippen molar-refractivity contribution < 1.29 is 18.7 Å². The van der Waals surface area contributed by atoms with Crippen molar-refractivity contribution in [1.82, 2.24) is 10.3 Å². The van der Waals surface area contributed by atoms with E-state index in [1.54, 1.807) is 42.6 Å². The highest BCUT2D eigenvalue weighted by Gasteiger charge is 2.16. The van der Waals surface area contributed by atoms with Crippen molar-refractivity contribution >= 4 is 29.1 Å². The third kappa shape index (κ3) is 5.40. The molecular weight excluding hydrogens is 398 g/mol. The lowest BCUT2D eigenvalue weighted by Gasteiger charge is -2.29. The Morgan fingerprint density at radius 1 is 1.00 bits per heavy atom. The molecule has 0 aliphatic carbocycles. The quantitative estimate of drug-likeness (QED) is 0.564. The fraction of sp³-hybridized carbons (Fsp3) is 0.227. The average Bonchev–Trinajstić information content (AvgIpc) is 3.34. The van der Waals surface area contributed by atoms with Crippen LogP contribution in [0.5, 0.6) is 0 Å². The predicted molar refractivity (Wildman–Crippen MR) is 116 cm³/mol. The standard InChI is InChI=1S/C22H23N5O4/c28-21(19-7-3-11-31-19)25-17-5-1-6-18(14-17)26-22(29)24-15-16-4-2-8-23-20(16)27-9-12-30-13-10-27/h1-8,11,14H,9-10,12-13,15H2,(H,25,28)(H2,24,26,29). The van der Waals surface area contributed by atoms with Crippen LogP contribution in [0, 0.1) is 0 Å². The molecule has 1 aliphatic heterocycles. The molecule has 1 aliphatic rings. The van der Waals surface area contributed by atoms with Gasteiger partial charge >= 0.3 is 6.03 Å². The molecule has 0 spiro atoms. The van der Waals surface area contributed by atoms with Gasteiger partial charge in [-0.05, 0) is 36.4 Å². The van der Waals surface area contributed by atoms with Crippen molar-refractivity contribution in [3.8, 4) is 0 Å². The second-order valence-electron chi connectivity index (χ2n) is 6.91. The summed E-state index contributed by atoms with van der Waals surface area (Å²) < 4.78 is 10.5. The highest BCUT2D eigenvalue weighted by molar-refractivity contribution is 6.02. The van der Waals surface area contributed by atoms with E-state index in [4.69, 9.17) is 9.15 Å². The van der Waals surface area contributed by atoms with Crippen LogP contribution in [-0.4, -0.2) is 43.2 Å². The van der Waals surface area contributed by atoms with Gasteiger partial charge in [-0.3, -0.25) is 4.79 Å². The summed E-state index contributed by atoms with van der Waals surface area (Å²) in [6.07, 6.45) is 3.18. The molecule has 1 fully saturated rings. The molecule has 4 rings (SSSR count). The van der Waals surface area contributed by atoms with E-state index in [1.165, 1.54) is 6.26 Å². The first kappa shape index (κ1) is 20.4. The van der Waals surface area contributed by atoms with Gasteiger partial charge in [0, 0.05) is 42.8 Å². The van der Waals surface area contributed by atoms with E-state index in [2.05, 4.69) is 25.8 Å². The Bertz CT molecular complexity index is 1030. The number of morpholine rings is 1. The summed E-state index contributed by atoms with van der Waals surface area (Å²) in [5.41, 5.74) is 2.02. The molecule has 2 aromatic heterocycles. The lowest BCUT2D eigenvalue weighted by molar-refractivity contribution is 0.0996. The highest BCUT2D eigenvalue weighted by atomic mass is 16.5. The Kier molecular flexibility index (Phi) is 6.44. The number of rotatable bonds is 6. The zero-order chi connectivity index (χ0) is 21.5. The summed E-state index contributed by atoms with van der Waals surface area (Å²) in [5.74, 6) is 0.705. The van der Waals surface area contributed by atoms with Gasteiger partial charge in [-0.1, -0.05) is 12.1 Å². The second-order valence-corrected chi connectivity index (χ2v) is 6.91. The van der Waals surface area contributed by atoms with Gasteiger partial charge in [0.25, 0.3) is 5.91 Å². The number of nitrogens with zero attached hydrogens (tertiary/aromatic N) is 2. The molecule has 0 atom stereocenters. The number of benzene rings is 1. The Hall–Kier alpha value is -3.85. The molecule has 0 bridgehead atoms. The number of hydrogen-bond acceptors (Lipinski definition) is 6. The van der Waals surface area contributed by atoms with Crippen LogP contribution in [0.15, 0.2) is 65.4 Å². The maximum absolute atomic E-state index is 12.4. The minimum absolute atomic E-state index is 0.212. The average molecular weight is 421 g/mol. The molecule has 9 heteroatoms. The van der Waals surface area contributed by atoms with Gasteiger partial charge < -0.3 is 30.0 Å². The van der Waals surface area contributed by atoms with E-state index in [0.29, 0.717) is 31.1 Å². The molecule has 3 aromatic rings. The largest absolute Gasteiger partial charge is 0.459 e. The molecule has 0 radical (unpaired) electrons. The Labute approximate surface area is 179 Å². The first-order chi connectivity index (χ1) is 15.2. The summed E-state index contributed by atoms with van der Waals surface area (Å²) in [4.78, 5) is 31.2. The molecule has 3 N–H and O–H groups in total. The van der Waals surface area contributed by atoms with Crippen molar-refractivity contribution in [2.24, 2.45) is 0 Å². The topological polar surface area (TPSA) is 109 Å². The van der Waals surface area contributed by atoms with Crippen LogP contribution in [0.3, 0.4) is 0 Å². The number of aromatic nitrogens is 1. The smallest absolute Gasteiger partial charge is 0.319 e. The summed E-state index contributed by atoms with van der Waals surface area (Å²) in [6.45, 7) is 3.20. The van der Waals surface area contributed by atoms with Gasteiger partial charge in [-0.2, -0.15) is 0 Å². The first-order valence-corrected chi connectivity index (χ1v) is 9.95. The van der Waals surface area contributed by atoms with Crippen LogP contribution in [0.4, 0.5) is 22.0 Å². The van der Waals surface area contributed by atoms with Crippen molar-refractivity contribution in [3.63, 3.8) is 0 Å². The molecular formula is C22H23N5O4. The van der Waals surface area contributed by atoms with E-state index < -0.39 is 0 Å². The summed E-state index contributed by atoms with van der Waals surface area (Å²) in [5, 5.41) is 8.37. The highest BCUT2D eigenvalue weighted by Crippen LogP contribution is 2.19. The van der Waals surface area contributed by atoms with Crippen LogP contribution in [0.2, 0.25) is 0 Å². The summed E-state index contributed by atoms with van der Waals surface area (Å²) >= 11 is 0. The van der Waals surface area contributed by atoms with Crippen LogP contribution in [0.1, 0.15) is 16.1 Å². The zero-order valence-electron chi connectivity index (χ0n) is 16.8. The summed E-state index contributed by atoms with van der Waals surface area (Å²) in [6, 6.07) is 13.5. The normalized spacial score (nSPS) is 13.5. The maximum atomic E-state index is 12.4. The Balaban J connectivity index is 1.34. The van der Waals surface area contributed by atoms with Gasteiger partial charge in [0.05, 0.1) is 19.5 Å². The van der Waals surface area contributed by atoms with E-state index in [0.717, 1.165) is 24.5 Å². The van der Waals surface area contributed by atoms with Gasteiger partial charge in [0.15, 0.2) is 5.76 Å². The van der Waals surface area contributed by atoms with E-state index in [9.17, 15) is 9.59 Å². The van der Waals surface area contributed by atoms with Crippen LogP contribution in [0.25, 0.3) is 0 Å². The van der Waals surface area contributed by atoms with Gasteiger partial charge in [0.1, 0.15) is 5.82 Å². The molecule has 31 heavy (non-hydrogen) atoms. The molecule has 3 amide bonds. The minimum Gasteiger partial charge on any atom is -0.459 e. The lowest BCUT2D eigenvalue weighted by atomic mass is 10.2. The van der Waals surface area contributed by atoms with Crippen molar-refractivity contribution in [3.05, 3.63) is 72.3 Å². The summed E-state index contributed by atoms with van der Waals surface area (Å²) in [7, 11) is 0. The van der Waals surface area contributed by atoms with Gasteiger partial charge in [-0.15, -0.1) is 0 Å². The fourth-order valence-electron chi connectivity index (χ4n) is 3.25. The molecule has 1 saturated heterocycles. The third-order valence-electron chi connectivity index (χ3n) is 4.74. The number of urea groups is 1. The van der Waals surface area contributed by atoms with Crippen molar-refractivity contribution in [2.45, 2.75) is 6.54 Å². The Morgan fingerprint density at radius 2 is 1.81 bits per heavy atom. The van der Waals surface area contributed by atoms with Gasteiger partial charge in [0.2, 0.25) is 0 Å². The predicted octanol–water partition coefficient (Wildman–Crippen LogP) is 3.09. The number of carbonyl (C=O) groups is 2. The third-order valence-corrected chi connectivity index (χ3v) is 4.74. The van der Waals surface area contributed by atoms with E-state index in [1.807, 2.05) is 12.1 Å². The lowest BCUT2D eigenvalue weighted by Crippen LogP contribution is -2.38. The maximum Gasteiger partial charge on any atom is 0.319 e. The number of anilines is 3. The zero-order valence-corrected chi connectivity index (χ0v) is 16.8.